The van der Waals surface area contributed by atoms with Crippen molar-refractivity contribution in [3.05, 3.63) is 70.3 Å². The molecule has 12 heteroatoms. The summed E-state index contributed by atoms with van der Waals surface area (Å²) in [5, 5.41) is 11.8. The molecule has 10 nitrogen and oxygen atoms in total. The number of amides is 1. The molecule has 3 aliphatic rings. The number of likely N-dealkylation sites (tertiary alicyclic amines) is 1. The zero-order valence-corrected chi connectivity index (χ0v) is 23.6. The first-order valence-electron chi connectivity index (χ1n) is 13.3. The van der Waals surface area contributed by atoms with Crippen LogP contribution < -0.4 is 0 Å². The number of hydrogen-bond donors (Lipinski definition) is 1. The number of Topliss-reactive ketones (excluding diaryl/α,β-unsaturated/α-hetero) is 1. The second-order valence-electron chi connectivity index (χ2n) is 9.89. The van der Waals surface area contributed by atoms with Crippen molar-refractivity contribution in [2.24, 2.45) is 0 Å². The summed E-state index contributed by atoms with van der Waals surface area (Å²) in [6.45, 7) is 5.23. The van der Waals surface area contributed by atoms with Gasteiger partial charge in [0.2, 0.25) is 10.0 Å². The molecule has 1 amide bonds. The van der Waals surface area contributed by atoms with Crippen molar-refractivity contribution in [3.63, 3.8) is 0 Å². The number of aliphatic hydroxyl groups is 1. The molecule has 1 N–H and O–H groups in total. The molecule has 3 fully saturated rings. The van der Waals surface area contributed by atoms with Crippen molar-refractivity contribution in [1.82, 2.24) is 14.1 Å². The molecule has 3 aliphatic heterocycles. The van der Waals surface area contributed by atoms with Crippen LogP contribution in [0.5, 0.6) is 0 Å². The molecule has 0 radical (unpaired) electrons. The molecule has 0 bridgehead atoms. The second kappa shape index (κ2) is 12.4. The van der Waals surface area contributed by atoms with Gasteiger partial charge in [0, 0.05) is 49.9 Å². The van der Waals surface area contributed by atoms with Gasteiger partial charge in [-0.2, -0.15) is 4.31 Å². The number of rotatable bonds is 8. The fourth-order valence-electron chi connectivity index (χ4n) is 5.27. The Morgan fingerprint density at radius 2 is 1.48 bits per heavy atom. The van der Waals surface area contributed by atoms with Crippen LogP contribution in [0.25, 0.3) is 5.76 Å². The first kappa shape index (κ1) is 28.7. The van der Waals surface area contributed by atoms with Gasteiger partial charge in [0.15, 0.2) is 0 Å². The minimum absolute atomic E-state index is 0.0394. The first-order chi connectivity index (χ1) is 19.3. The van der Waals surface area contributed by atoms with E-state index in [2.05, 4.69) is 4.90 Å². The number of ketones is 1. The van der Waals surface area contributed by atoms with Gasteiger partial charge in [-0.05, 0) is 48.4 Å². The largest absolute Gasteiger partial charge is 0.507 e. The summed E-state index contributed by atoms with van der Waals surface area (Å²) in [5.41, 5.74) is 0.844. The zero-order chi connectivity index (χ0) is 28.3. The van der Waals surface area contributed by atoms with E-state index in [0.29, 0.717) is 50.0 Å². The van der Waals surface area contributed by atoms with Gasteiger partial charge in [0.05, 0.1) is 42.9 Å². The SMILES string of the molecule is O=C1C(=O)N(CCCN2CCOCC2)C(c2ccc(Cl)cc2)/C1=C(\O)c1ccc(S(=O)(=O)N2CCOCC2)cc1. The van der Waals surface area contributed by atoms with Crippen LogP contribution in [-0.4, -0.2) is 105 Å². The van der Waals surface area contributed by atoms with Gasteiger partial charge in [-0.3, -0.25) is 14.5 Å². The van der Waals surface area contributed by atoms with Crippen molar-refractivity contribution < 1.29 is 32.6 Å². The lowest BCUT2D eigenvalue weighted by Gasteiger charge is -2.29. The van der Waals surface area contributed by atoms with Crippen LogP contribution in [0.4, 0.5) is 0 Å². The van der Waals surface area contributed by atoms with Crippen LogP contribution in [0.3, 0.4) is 0 Å². The van der Waals surface area contributed by atoms with Crippen LogP contribution in [0.2, 0.25) is 5.02 Å². The minimum Gasteiger partial charge on any atom is -0.507 e. The molecule has 0 saturated carbocycles. The molecule has 214 valence electrons. The third-order valence-electron chi connectivity index (χ3n) is 7.44. The Hall–Kier alpha value is -2.80. The summed E-state index contributed by atoms with van der Waals surface area (Å²) in [6.07, 6.45) is 0.644. The molecule has 1 atom stereocenters. The van der Waals surface area contributed by atoms with E-state index in [4.69, 9.17) is 21.1 Å². The number of hydrogen-bond acceptors (Lipinski definition) is 8. The summed E-state index contributed by atoms with van der Waals surface area (Å²) < 4.78 is 38.0. The highest BCUT2D eigenvalue weighted by molar-refractivity contribution is 7.89. The number of carbonyl (C=O) groups excluding carboxylic acids is 2. The zero-order valence-electron chi connectivity index (χ0n) is 22.0. The van der Waals surface area contributed by atoms with E-state index in [1.807, 2.05) is 0 Å². The lowest BCUT2D eigenvalue weighted by molar-refractivity contribution is -0.140. The summed E-state index contributed by atoms with van der Waals surface area (Å²) in [4.78, 5) is 30.3. The van der Waals surface area contributed by atoms with Crippen LogP contribution >= 0.6 is 11.6 Å². The molecule has 2 aromatic rings. The van der Waals surface area contributed by atoms with Crippen molar-refractivity contribution >= 4 is 39.1 Å². The molecule has 0 aromatic heterocycles. The molecule has 2 aromatic carbocycles. The van der Waals surface area contributed by atoms with Crippen LogP contribution in [0, 0.1) is 0 Å². The molecule has 40 heavy (non-hydrogen) atoms. The Balaban J connectivity index is 1.44. The number of halogens is 1. The third-order valence-corrected chi connectivity index (χ3v) is 9.60. The second-order valence-corrected chi connectivity index (χ2v) is 12.3. The maximum atomic E-state index is 13.3. The van der Waals surface area contributed by atoms with Gasteiger partial charge in [-0.1, -0.05) is 23.7 Å². The number of benzene rings is 2. The van der Waals surface area contributed by atoms with Crippen LogP contribution in [0.15, 0.2) is 59.0 Å². The maximum absolute atomic E-state index is 13.3. The average Bonchev–Trinajstić information content (AvgIpc) is 3.23. The van der Waals surface area contributed by atoms with Gasteiger partial charge in [-0.15, -0.1) is 0 Å². The van der Waals surface area contributed by atoms with Crippen LogP contribution in [-0.2, 0) is 29.1 Å². The Kier molecular flexibility index (Phi) is 8.89. The van der Waals surface area contributed by atoms with E-state index in [1.165, 1.54) is 33.5 Å². The fourth-order valence-corrected chi connectivity index (χ4v) is 6.80. The minimum atomic E-state index is -3.73. The van der Waals surface area contributed by atoms with E-state index in [-0.39, 0.29) is 34.9 Å². The van der Waals surface area contributed by atoms with E-state index in [0.717, 1.165) is 19.6 Å². The highest BCUT2D eigenvalue weighted by Crippen LogP contribution is 2.40. The van der Waals surface area contributed by atoms with Gasteiger partial charge in [0.1, 0.15) is 5.76 Å². The van der Waals surface area contributed by atoms with Crippen molar-refractivity contribution in [3.8, 4) is 0 Å². The summed E-state index contributed by atoms with van der Waals surface area (Å²) in [5.74, 6) is -1.83. The highest BCUT2D eigenvalue weighted by atomic mass is 35.5. The lowest BCUT2D eigenvalue weighted by atomic mass is 9.95. The molecular formula is C28H32ClN3O7S. The topological polar surface area (TPSA) is 117 Å². The third kappa shape index (κ3) is 5.95. The van der Waals surface area contributed by atoms with Gasteiger partial charge >= 0.3 is 0 Å². The monoisotopic (exact) mass is 589 g/mol. The number of carbonyl (C=O) groups is 2. The smallest absolute Gasteiger partial charge is 0.295 e. The number of sulfonamides is 1. The molecular weight excluding hydrogens is 558 g/mol. The highest BCUT2D eigenvalue weighted by Gasteiger charge is 2.45. The Morgan fingerprint density at radius 1 is 0.875 bits per heavy atom. The maximum Gasteiger partial charge on any atom is 0.295 e. The molecule has 3 heterocycles. The Labute approximate surface area is 238 Å². The number of nitrogens with zero attached hydrogens (tertiary/aromatic N) is 3. The molecule has 5 rings (SSSR count). The van der Waals surface area contributed by atoms with E-state index in [9.17, 15) is 23.1 Å². The normalized spacial score (nSPS) is 22.6. The molecule has 0 aliphatic carbocycles. The van der Waals surface area contributed by atoms with Gasteiger partial charge in [-0.25, -0.2) is 8.42 Å². The molecule has 0 spiro atoms. The summed E-state index contributed by atoms with van der Waals surface area (Å²) in [6, 6.07) is 11.7. The summed E-state index contributed by atoms with van der Waals surface area (Å²) in [7, 11) is -3.73. The number of ether oxygens (including phenoxy) is 2. The van der Waals surface area contributed by atoms with Gasteiger partial charge in [0.25, 0.3) is 11.7 Å². The van der Waals surface area contributed by atoms with Crippen molar-refractivity contribution in [2.45, 2.75) is 17.4 Å². The first-order valence-corrected chi connectivity index (χ1v) is 15.1. The molecule has 1 unspecified atom stereocenters. The predicted molar refractivity (Wildman–Crippen MR) is 148 cm³/mol. The number of aliphatic hydroxyl groups excluding tert-OH is 1. The Morgan fingerprint density at radius 3 is 2.10 bits per heavy atom. The van der Waals surface area contributed by atoms with Gasteiger partial charge < -0.3 is 19.5 Å². The molecule has 3 saturated heterocycles. The standard InChI is InChI=1S/C28H32ClN3O7S/c29-22-6-2-20(3-7-22)25-24(27(34)28(35)32(25)11-1-10-30-12-16-38-17-13-30)26(33)21-4-8-23(9-5-21)40(36,37)31-14-18-39-19-15-31/h2-9,25,33H,1,10-19H2/b26-24+. The lowest BCUT2D eigenvalue weighted by Crippen LogP contribution is -2.40. The van der Waals surface area contributed by atoms with Crippen molar-refractivity contribution in [1.29, 1.82) is 0 Å². The summed E-state index contributed by atoms with van der Waals surface area (Å²) >= 11 is 6.10. The quantitative estimate of drug-likeness (QED) is 0.284. The Bertz CT molecular complexity index is 1370. The van der Waals surface area contributed by atoms with E-state index >= 15 is 0 Å². The van der Waals surface area contributed by atoms with E-state index < -0.39 is 27.8 Å². The number of morpholine rings is 2. The fraction of sp³-hybridized carbons (Fsp3) is 0.429. The predicted octanol–water partition coefficient (Wildman–Crippen LogP) is 2.50. The van der Waals surface area contributed by atoms with Crippen molar-refractivity contribution in [2.75, 3.05) is 65.7 Å². The van der Waals surface area contributed by atoms with Crippen LogP contribution in [0.1, 0.15) is 23.6 Å². The van der Waals surface area contributed by atoms with E-state index in [1.54, 1.807) is 24.3 Å². The average molecular weight is 590 g/mol.